The van der Waals surface area contributed by atoms with Crippen molar-refractivity contribution in [1.82, 2.24) is 0 Å². The van der Waals surface area contributed by atoms with Crippen LogP contribution in [0.3, 0.4) is 0 Å². The summed E-state index contributed by atoms with van der Waals surface area (Å²) in [5.74, 6) is -0.717. The zero-order valence-corrected chi connectivity index (χ0v) is 7.55. The fraction of sp³-hybridized carbons (Fsp3) is 0.429. The Morgan fingerprint density at radius 1 is 1.42 bits per heavy atom. The van der Waals surface area contributed by atoms with Crippen LogP contribution in [-0.4, -0.2) is 11.4 Å². The molecule has 0 heterocycles. The Labute approximate surface area is 75.0 Å². The summed E-state index contributed by atoms with van der Waals surface area (Å²) in [4.78, 5) is 28.6. The van der Waals surface area contributed by atoms with Crippen molar-refractivity contribution in [2.45, 2.75) is 20.3 Å². The van der Waals surface area contributed by atoms with E-state index in [1.807, 2.05) is 6.92 Å². The fourth-order valence-corrected chi connectivity index (χ4v) is 0.557. The van der Waals surface area contributed by atoms with Crippen LogP contribution in [0.4, 0.5) is 4.79 Å². The highest BCUT2D eigenvalue weighted by atomic mass is 35.5. The molecule has 0 unspecified atom stereocenters. The summed E-state index contributed by atoms with van der Waals surface area (Å²) in [6.07, 6.45) is 2.35. The zero-order chi connectivity index (χ0) is 9.56. The summed E-state index contributed by atoms with van der Waals surface area (Å²) < 4.78 is 0. The van der Waals surface area contributed by atoms with E-state index in [9.17, 15) is 9.59 Å². The molecule has 12 heavy (non-hydrogen) atoms. The number of hydrogen-bond acceptors (Lipinski definition) is 4. The summed E-state index contributed by atoms with van der Waals surface area (Å²) in [5.41, 5.74) is -0.803. The minimum Gasteiger partial charge on any atom is -0.242 e. The molecule has 0 aliphatic heterocycles. The van der Waals surface area contributed by atoms with E-state index in [1.165, 1.54) is 0 Å². The average Bonchev–Trinajstić information content (AvgIpc) is 2.00. The average molecular weight is 193 g/mol. The zero-order valence-electron chi connectivity index (χ0n) is 6.80. The minimum absolute atomic E-state index is 0.371. The van der Waals surface area contributed by atoms with Crippen LogP contribution < -0.4 is 0 Å². The van der Waals surface area contributed by atoms with Crippen molar-refractivity contribution in [1.29, 1.82) is 0 Å². The molecule has 0 spiro atoms. The highest BCUT2D eigenvalue weighted by Crippen LogP contribution is 2.00. The van der Waals surface area contributed by atoms with Crippen LogP contribution in [0.5, 0.6) is 0 Å². The van der Waals surface area contributed by atoms with Gasteiger partial charge in [0.25, 0.3) is 0 Å². The van der Waals surface area contributed by atoms with E-state index in [-0.39, 0.29) is 0 Å². The largest absolute Gasteiger partial charge is 0.448 e. The Balaban J connectivity index is 3.88. The molecule has 5 heteroatoms. The summed E-state index contributed by atoms with van der Waals surface area (Å²) >= 11 is 4.75. The van der Waals surface area contributed by atoms with E-state index < -0.39 is 11.4 Å². The minimum atomic E-state index is -1.17. The molecule has 0 atom stereocenters. The lowest BCUT2D eigenvalue weighted by molar-refractivity contribution is -0.222. The van der Waals surface area contributed by atoms with Crippen molar-refractivity contribution < 1.29 is 19.4 Å². The summed E-state index contributed by atoms with van der Waals surface area (Å²) in [5, 5.41) is 0. The lowest BCUT2D eigenvalue weighted by Gasteiger charge is -1.98. The molecule has 0 N–H and O–H groups in total. The van der Waals surface area contributed by atoms with E-state index in [0.717, 1.165) is 0 Å². The van der Waals surface area contributed by atoms with Crippen LogP contribution in [0.25, 0.3) is 0 Å². The van der Waals surface area contributed by atoms with Gasteiger partial charge in [-0.1, -0.05) is 13.0 Å². The molecule has 0 aromatic heterocycles. The molecule has 0 aromatic rings. The molecule has 0 bridgehead atoms. The Hall–Kier alpha value is -1.03. The monoisotopic (exact) mass is 192 g/mol. The third-order valence-corrected chi connectivity index (χ3v) is 1.08. The first-order valence-electron chi connectivity index (χ1n) is 3.33. The normalized spacial score (nSPS) is 10.8. The molecule has 68 valence electrons. The van der Waals surface area contributed by atoms with Gasteiger partial charge < -0.3 is 0 Å². The van der Waals surface area contributed by atoms with Gasteiger partial charge >= 0.3 is 11.4 Å². The molecule has 0 radical (unpaired) electrons. The highest BCUT2D eigenvalue weighted by molar-refractivity contribution is 6.61. The maximum Gasteiger partial charge on any atom is 0.448 e. The van der Waals surface area contributed by atoms with Crippen molar-refractivity contribution in [3.63, 3.8) is 0 Å². The van der Waals surface area contributed by atoms with Gasteiger partial charge in [0.15, 0.2) is 0 Å². The van der Waals surface area contributed by atoms with Crippen molar-refractivity contribution in [2.75, 3.05) is 0 Å². The molecular formula is C7H9ClO4. The quantitative estimate of drug-likeness (QED) is 0.291. The predicted molar refractivity (Wildman–Crippen MR) is 42.5 cm³/mol. The second-order valence-corrected chi connectivity index (χ2v) is 2.30. The van der Waals surface area contributed by atoms with Gasteiger partial charge in [-0.3, -0.25) is 0 Å². The van der Waals surface area contributed by atoms with Crippen molar-refractivity contribution in [3.8, 4) is 0 Å². The van der Waals surface area contributed by atoms with Crippen molar-refractivity contribution >= 4 is 23.0 Å². The fourth-order valence-electron chi connectivity index (χ4n) is 0.526. The summed E-state index contributed by atoms with van der Waals surface area (Å²) in [6, 6.07) is 0. The van der Waals surface area contributed by atoms with Crippen LogP contribution in [0.2, 0.25) is 0 Å². The Morgan fingerprint density at radius 3 is 2.42 bits per heavy atom. The van der Waals surface area contributed by atoms with E-state index in [1.54, 1.807) is 13.0 Å². The maximum atomic E-state index is 10.8. The van der Waals surface area contributed by atoms with Crippen LogP contribution in [0, 0.1) is 0 Å². The first-order chi connectivity index (χ1) is 5.57. The van der Waals surface area contributed by atoms with Crippen LogP contribution in [0.1, 0.15) is 20.3 Å². The Kier molecular flexibility index (Phi) is 5.12. The van der Waals surface area contributed by atoms with Crippen LogP contribution >= 0.6 is 11.6 Å². The number of rotatable bonds is 2. The number of hydrogen-bond donors (Lipinski definition) is 0. The van der Waals surface area contributed by atoms with E-state index in [0.29, 0.717) is 12.0 Å². The third kappa shape index (κ3) is 4.73. The molecule has 0 amide bonds. The SMILES string of the molecule is CC/C=C(\C)C(=O)OOC(=O)Cl. The van der Waals surface area contributed by atoms with Gasteiger partial charge in [0.2, 0.25) is 0 Å². The molecular weight excluding hydrogens is 184 g/mol. The maximum absolute atomic E-state index is 10.8. The van der Waals surface area contributed by atoms with Gasteiger partial charge in [0.05, 0.1) is 0 Å². The number of carbonyl (C=O) groups excluding carboxylic acids is 2. The molecule has 0 aliphatic carbocycles. The van der Waals surface area contributed by atoms with Crippen molar-refractivity contribution in [2.24, 2.45) is 0 Å². The first kappa shape index (κ1) is 11.0. The van der Waals surface area contributed by atoms with Gasteiger partial charge in [-0.25, -0.2) is 19.4 Å². The summed E-state index contributed by atoms with van der Waals surface area (Å²) in [7, 11) is 0. The molecule has 4 nitrogen and oxygen atoms in total. The molecule has 0 saturated heterocycles. The second-order valence-electron chi connectivity index (χ2n) is 1.99. The Bertz CT molecular complexity index is 209. The van der Waals surface area contributed by atoms with Crippen LogP contribution in [-0.2, 0) is 14.6 Å². The first-order valence-corrected chi connectivity index (χ1v) is 3.70. The summed E-state index contributed by atoms with van der Waals surface area (Å²) in [6.45, 7) is 3.41. The van der Waals surface area contributed by atoms with Crippen molar-refractivity contribution in [3.05, 3.63) is 11.6 Å². The van der Waals surface area contributed by atoms with Gasteiger partial charge in [-0.2, -0.15) is 0 Å². The van der Waals surface area contributed by atoms with Gasteiger partial charge in [-0.05, 0) is 13.3 Å². The van der Waals surface area contributed by atoms with Crippen LogP contribution in [0.15, 0.2) is 11.6 Å². The van der Waals surface area contributed by atoms with Gasteiger partial charge in [0, 0.05) is 17.2 Å². The molecule has 0 aliphatic rings. The van der Waals surface area contributed by atoms with E-state index >= 15 is 0 Å². The van der Waals surface area contributed by atoms with Gasteiger partial charge in [0.1, 0.15) is 0 Å². The predicted octanol–water partition coefficient (Wildman–Crippen LogP) is 2.18. The Morgan fingerprint density at radius 2 is 2.00 bits per heavy atom. The second kappa shape index (κ2) is 5.60. The highest BCUT2D eigenvalue weighted by Gasteiger charge is 2.08. The van der Waals surface area contributed by atoms with E-state index in [4.69, 9.17) is 11.6 Å². The molecule has 0 saturated carbocycles. The molecule has 0 rings (SSSR count). The number of allylic oxidation sites excluding steroid dienone is 1. The number of halogens is 1. The molecule has 0 fully saturated rings. The lowest BCUT2D eigenvalue weighted by atomic mass is 10.2. The smallest absolute Gasteiger partial charge is 0.242 e. The topological polar surface area (TPSA) is 52.6 Å². The standard InChI is InChI=1S/C7H9ClO4/c1-3-4-5(2)6(9)11-12-7(8)10/h4H,3H2,1-2H3/b5-4+. The van der Waals surface area contributed by atoms with Gasteiger partial charge in [-0.15, -0.1) is 0 Å². The third-order valence-electron chi connectivity index (χ3n) is 1.02. The lowest BCUT2D eigenvalue weighted by Crippen LogP contribution is -2.07. The van der Waals surface area contributed by atoms with E-state index in [2.05, 4.69) is 9.78 Å². The number of carbonyl (C=O) groups is 2. The molecule has 0 aromatic carbocycles.